The molecule has 4 atom stereocenters. The van der Waals surface area contributed by atoms with Crippen LogP contribution in [0.15, 0.2) is 188 Å². The number of hydrogen-bond acceptors (Lipinski definition) is 2. The fraction of sp³-hybridized carbons (Fsp3) is 0.0816. The Morgan fingerprint density at radius 3 is 2.12 bits per heavy atom. The molecule has 0 bridgehead atoms. The number of ether oxygens (including phenoxy) is 1. The van der Waals surface area contributed by atoms with Crippen LogP contribution in [0.1, 0.15) is 34.0 Å². The maximum atomic E-state index is 6.67. The van der Waals surface area contributed by atoms with Gasteiger partial charge in [0.25, 0.3) is 12.0 Å². The monoisotopic (exact) mass is 667 g/mol. The van der Waals surface area contributed by atoms with Crippen LogP contribution in [-0.2, 0) is 5.41 Å². The number of para-hydroxylation sites is 2. The van der Waals surface area contributed by atoms with E-state index in [0.717, 1.165) is 17.1 Å². The van der Waals surface area contributed by atoms with Crippen LogP contribution in [0, 0.1) is 5.92 Å². The molecule has 0 aromatic heterocycles. The smallest absolute Gasteiger partial charge is 0.289 e. The number of hydrogen-bond donors (Lipinski definition) is 1. The van der Waals surface area contributed by atoms with Crippen LogP contribution in [0.4, 0.5) is 5.69 Å². The summed E-state index contributed by atoms with van der Waals surface area (Å²) in [5.41, 5.74) is 12.3. The quantitative estimate of drug-likeness (QED) is 0.189. The molecular weight excluding hydrogens is 633 g/mol. The van der Waals surface area contributed by atoms with Crippen LogP contribution in [0.25, 0.3) is 33.0 Å². The molecular formula is C49H35N2O+. The Kier molecular flexibility index (Phi) is 6.35. The molecule has 2 aliphatic heterocycles. The summed E-state index contributed by atoms with van der Waals surface area (Å²) in [4.78, 5) is 0. The lowest BCUT2D eigenvalue weighted by Gasteiger charge is -2.47. The minimum atomic E-state index is -0.360. The molecule has 0 saturated heterocycles. The summed E-state index contributed by atoms with van der Waals surface area (Å²) in [7, 11) is 0. The Morgan fingerprint density at radius 2 is 1.21 bits per heavy atom. The van der Waals surface area contributed by atoms with E-state index >= 15 is 0 Å². The summed E-state index contributed by atoms with van der Waals surface area (Å²) >= 11 is 0. The minimum absolute atomic E-state index is 0.0307. The van der Waals surface area contributed by atoms with Crippen LogP contribution in [0.3, 0.4) is 0 Å². The first kappa shape index (κ1) is 29.3. The molecule has 2 heterocycles. The molecule has 7 aromatic carbocycles. The number of amidine groups is 1. The topological polar surface area (TPSA) is 24.3 Å². The highest BCUT2D eigenvalue weighted by molar-refractivity contribution is 6.00. The summed E-state index contributed by atoms with van der Waals surface area (Å²) < 4.78 is 9.10. The van der Waals surface area contributed by atoms with E-state index < -0.39 is 0 Å². The predicted octanol–water partition coefficient (Wildman–Crippen LogP) is 10.7. The molecule has 0 amide bonds. The maximum absolute atomic E-state index is 6.67. The van der Waals surface area contributed by atoms with Crippen molar-refractivity contribution in [2.24, 2.45) is 5.92 Å². The standard InChI is InChI=1S/C49H34N2O/c1-2-16-35(17-3-1)51-47(50-48(51)38-21-12-15-32-14-4-5-18-36(32)38)34-30-28-33(29-31-34)37-20-13-25-43-46(37)39-19-6-7-22-40(39)49(43)41-23-8-10-26-44(41)52-45-27-11-9-24-42(45)49/h1-31,41,44,48H/p+1. The van der Waals surface area contributed by atoms with E-state index in [2.05, 4.69) is 198 Å². The third-order valence-corrected chi connectivity index (χ3v) is 11.7. The average Bonchev–Trinajstić information content (AvgIpc) is 3.49. The highest BCUT2D eigenvalue weighted by Gasteiger charge is 2.56. The van der Waals surface area contributed by atoms with Gasteiger partial charge in [-0.05, 0) is 86.6 Å². The van der Waals surface area contributed by atoms with E-state index in [1.54, 1.807) is 0 Å². The number of nitrogens with zero attached hydrogens (tertiary/aromatic N) is 1. The Balaban J connectivity index is 1.05. The molecule has 2 aliphatic carbocycles. The second-order valence-electron chi connectivity index (χ2n) is 14.2. The Morgan fingerprint density at radius 1 is 0.538 bits per heavy atom. The summed E-state index contributed by atoms with van der Waals surface area (Å²) in [6, 6.07) is 59.7. The van der Waals surface area contributed by atoms with Gasteiger partial charge in [0.1, 0.15) is 17.5 Å². The van der Waals surface area contributed by atoms with Crippen molar-refractivity contribution in [2.75, 3.05) is 0 Å². The van der Waals surface area contributed by atoms with Crippen molar-refractivity contribution in [3.63, 3.8) is 0 Å². The fourth-order valence-corrected chi connectivity index (χ4v) is 9.49. The van der Waals surface area contributed by atoms with Crippen molar-refractivity contribution in [3.05, 3.63) is 216 Å². The van der Waals surface area contributed by atoms with Crippen molar-refractivity contribution >= 4 is 22.3 Å². The zero-order chi connectivity index (χ0) is 34.2. The van der Waals surface area contributed by atoms with Crippen molar-refractivity contribution in [3.8, 4) is 28.0 Å². The molecule has 0 saturated carbocycles. The van der Waals surface area contributed by atoms with Gasteiger partial charge in [0.05, 0.1) is 11.0 Å². The van der Waals surface area contributed by atoms with Gasteiger partial charge in [0.15, 0.2) is 0 Å². The van der Waals surface area contributed by atoms with Gasteiger partial charge in [-0.1, -0.05) is 146 Å². The van der Waals surface area contributed by atoms with E-state index in [4.69, 9.17) is 4.74 Å². The van der Waals surface area contributed by atoms with Crippen molar-refractivity contribution in [1.82, 2.24) is 5.32 Å². The zero-order valence-electron chi connectivity index (χ0n) is 28.5. The molecule has 0 fully saturated rings. The van der Waals surface area contributed by atoms with Gasteiger partial charge in [-0.15, -0.1) is 0 Å². The third-order valence-electron chi connectivity index (χ3n) is 11.7. The first-order valence-corrected chi connectivity index (χ1v) is 18.2. The van der Waals surface area contributed by atoms with Gasteiger partial charge >= 0.3 is 0 Å². The number of rotatable bonds is 4. The molecule has 246 valence electrons. The van der Waals surface area contributed by atoms with Crippen LogP contribution < -0.4 is 10.1 Å². The number of fused-ring (bicyclic) bond motifs is 10. The summed E-state index contributed by atoms with van der Waals surface area (Å²) in [5.74, 6) is 2.21. The Labute approximate surface area is 303 Å². The third kappa shape index (κ3) is 4.05. The summed E-state index contributed by atoms with van der Waals surface area (Å²) in [6.45, 7) is 0. The zero-order valence-corrected chi connectivity index (χ0v) is 28.5. The lowest BCUT2D eigenvalue weighted by Crippen LogP contribution is -2.51. The van der Waals surface area contributed by atoms with Gasteiger partial charge in [-0.25, -0.2) is 5.32 Å². The van der Waals surface area contributed by atoms with Crippen LogP contribution in [0.2, 0.25) is 0 Å². The largest absolute Gasteiger partial charge is 0.485 e. The minimum Gasteiger partial charge on any atom is -0.485 e. The molecule has 0 radical (unpaired) electrons. The molecule has 1 spiro atoms. The molecule has 1 N–H and O–H groups in total. The molecule has 3 nitrogen and oxygen atoms in total. The molecule has 3 heteroatoms. The highest BCUT2D eigenvalue weighted by Crippen LogP contribution is 2.63. The van der Waals surface area contributed by atoms with Gasteiger partial charge < -0.3 is 4.74 Å². The van der Waals surface area contributed by atoms with E-state index in [0.29, 0.717) is 0 Å². The average molecular weight is 668 g/mol. The molecule has 4 unspecified atom stereocenters. The maximum Gasteiger partial charge on any atom is 0.289 e. The van der Waals surface area contributed by atoms with Crippen molar-refractivity contribution in [2.45, 2.75) is 17.7 Å². The number of nitrogens with one attached hydrogen (secondary N) is 1. The molecule has 52 heavy (non-hydrogen) atoms. The summed E-state index contributed by atoms with van der Waals surface area (Å²) in [6.07, 6.45) is 8.89. The van der Waals surface area contributed by atoms with Crippen LogP contribution in [0.5, 0.6) is 5.75 Å². The normalized spacial score (nSPS) is 21.8. The number of allylic oxidation sites excluding steroid dienone is 2. The van der Waals surface area contributed by atoms with E-state index in [9.17, 15) is 0 Å². The van der Waals surface area contributed by atoms with Gasteiger partial charge in [0.2, 0.25) is 0 Å². The summed E-state index contributed by atoms with van der Waals surface area (Å²) in [5, 5.41) is 6.38. The van der Waals surface area contributed by atoms with E-state index in [1.165, 1.54) is 61.0 Å². The Bertz CT molecular complexity index is 2650. The number of benzene rings is 7. The lowest BCUT2D eigenvalue weighted by atomic mass is 9.60. The van der Waals surface area contributed by atoms with Gasteiger partial charge in [0, 0.05) is 17.0 Å². The molecule has 7 aromatic rings. The lowest BCUT2D eigenvalue weighted by molar-refractivity contribution is -0.530. The first-order valence-electron chi connectivity index (χ1n) is 18.2. The van der Waals surface area contributed by atoms with Gasteiger partial charge in [-0.3, -0.25) is 0 Å². The predicted molar refractivity (Wildman–Crippen MR) is 210 cm³/mol. The molecule has 11 rings (SSSR count). The van der Waals surface area contributed by atoms with Crippen molar-refractivity contribution in [1.29, 1.82) is 0 Å². The van der Waals surface area contributed by atoms with Crippen molar-refractivity contribution < 1.29 is 9.31 Å². The van der Waals surface area contributed by atoms with Gasteiger partial charge in [-0.2, -0.15) is 4.58 Å². The highest BCUT2D eigenvalue weighted by atomic mass is 16.5. The Hall–Kier alpha value is -6.45. The first-order chi connectivity index (χ1) is 25.8. The second kappa shape index (κ2) is 11.3. The SMILES string of the molecule is C1=CC2Oc3ccccc3C3(c4ccccc4-c4c(-c5ccc(C6=[N+](c7ccccc7)C(c7cccc8ccccc78)N6)cc5)cccc43)C2C=C1. The van der Waals surface area contributed by atoms with Crippen LogP contribution >= 0.6 is 0 Å². The second-order valence-corrected chi connectivity index (χ2v) is 14.2. The van der Waals surface area contributed by atoms with Crippen LogP contribution in [-0.4, -0.2) is 16.5 Å². The van der Waals surface area contributed by atoms with E-state index in [-0.39, 0.29) is 23.6 Å². The van der Waals surface area contributed by atoms with E-state index in [1.807, 2.05) is 0 Å². The fourth-order valence-electron chi connectivity index (χ4n) is 9.49. The molecule has 4 aliphatic rings.